The van der Waals surface area contributed by atoms with Crippen molar-refractivity contribution in [3.05, 3.63) is 59.7 Å². The Labute approximate surface area is 128 Å². The van der Waals surface area contributed by atoms with Crippen LogP contribution < -0.4 is 10.6 Å². The Bertz CT molecular complexity index is 671. The number of halogens is 2. The van der Waals surface area contributed by atoms with Crippen LogP contribution in [0.25, 0.3) is 0 Å². The summed E-state index contributed by atoms with van der Waals surface area (Å²) in [6.07, 6.45) is 0. The first-order valence-corrected chi connectivity index (χ1v) is 7.05. The summed E-state index contributed by atoms with van der Waals surface area (Å²) in [6, 6.07) is 10.7. The molecule has 0 radical (unpaired) electrons. The van der Waals surface area contributed by atoms with Gasteiger partial charge < -0.3 is 10.6 Å². The van der Waals surface area contributed by atoms with Gasteiger partial charge in [0.15, 0.2) is 0 Å². The largest absolute Gasteiger partial charge is 0.376 e. The van der Waals surface area contributed by atoms with Crippen LogP contribution in [0.1, 0.15) is 25.3 Å². The van der Waals surface area contributed by atoms with Crippen LogP contribution in [0.4, 0.5) is 20.2 Å². The van der Waals surface area contributed by atoms with Crippen molar-refractivity contribution < 1.29 is 13.6 Å². The van der Waals surface area contributed by atoms with Crippen LogP contribution in [-0.4, -0.2) is 12.5 Å². The van der Waals surface area contributed by atoms with E-state index in [-0.39, 0.29) is 12.2 Å². The van der Waals surface area contributed by atoms with Gasteiger partial charge in [0.2, 0.25) is 5.91 Å². The average Bonchev–Trinajstić information content (AvgIpc) is 2.48. The van der Waals surface area contributed by atoms with E-state index in [0.29, 0.717) is 5.92 Å². The van der Waals surface area contributed by atoms with Gasteiger partial charge in [-0.2, -0.15) is 0 Å². The second kappa shape index (κ2) is 7.02. The number of amides is 1. The third kappa shape index (κ3) is 4.04. The molecular weight excluding hydrogens is 286 g/mol. The minimum Gasteiger partial charge on any atom is -0.376 e. The summed E-state index contributed by atoms with van der Waals surface area (Å²) in [5, 5.41) is 5.45. The molecule has 0 aliphatic heterocycles. The van der Waals surface area contributed by atoms with Crippen molar-refractivity contribution in [3.63, 3.8) is 0 Å². The zero-order valence-corrected chi connectivity index (χ0v) is 12.5. The number of benzene rings is 2. The Balaban J connectivity index is 1.99. The number of para-hydroxylation sites is 1. The quantitative estimate of drug-likeness (QED) is 0.871. The van der Waals surface area contributed by atoms with Gasteiger partial charge in [-0.1, -0.05) is 32.0 Å². The summed E-state index contributed by atoms with van der Waals surface area (Å²) in [7, 11) is 0. The molecule has 0 unspecified atom stereocenters. The molecule has 2 aromatic rings. The minimum atomic E-state index is -0.795. The lowest BCUT2D eigenvalue weighted by Gasteiger charge is -2.14. The molecule has 0 aromatic heterocycles. The van der Waals surface area contributed by atoms with E-state index in [1.165, 1.54) is 6.07 Å². The first-order valence-electron chi connectivity index (χ1n) is 7.05. The predicted octanol–water partition coefficient (Wildman–Crippen LogP) is 4.14. The summed E-state index contributed by atoms with van der Waals surface area (Å²) in [5.41, 5.74) is 1.93. The zero-order valence-electron chi connectivity index (χ0n) is 12.5. The Kier molecular flexibility index (Phi) is 5.09. The molecule has 1 amide bonds. The second-order valence-electron chi connectivity index (χ2n) is 5.27. The number of hydrogen-bond donors (Lipinski definition) is 2. The molecule has 3 nitrogen and oxygen atoms in total. The maximum Gasteiger partial charge on any atom is 0.243 e. The molecule has 2 aromatic carbocycles. The molecule has 0 spiro atoms. The fraction of sp³-hybridized carbons (Fsp3) is 0.235. The van der Waals surface area contributed by atoms with E-state index in [2.05, 4.69) is 24.5 Å². The van der Waals surface area contributed by atoms with Crippen molar-refractivity contribution in [2.75, 3.05) is 17.2 Å². The maximum absolute atomic E-state index is 13.5. The molecule has 2 N–H and O–H groups in total. The van der Waals surface area contributed by atoms with Gasteiger partial charge in [0.1, 0.15) is 11.6 Å². The summed E-state index contributed by atoms with van der Waals surface area (Å²) < 4.78 is 26.3. The van der Waals surface area contributed by atoms with Crippen molar-refractivity contribution in [3.8, 4) is 0 Å². The van der Waals surface area contributed by atoms with Crippen LogP contribution in [0.5, 0.6) is 0 Å². The molecule has 22 heavy (non-hydrogen) atoms. The van der Waals surface area contributed by atoms with Gasteiger partial charge in [0.25, 0.3) is 0 Å². The van der Waals surface area contributed by atoms with Gasteiger partial charge in [-0.15, -0.1) is 0 Å². The van der Waals surface area contributed by atoms with Gasteiger partial charge in [-0.05, 0) is 29.7 Å². The van der Waals surface area contributed by atoms with Gasteiger partial charge in [-0.3, -0.25) is 4.79 Å². The van der Waals surface area contributed by atoms with Crippen molar-refractivity contribution in [1.29, 1.82) is 0 Å². The molecule has 0 saturated carbocycles. The van der Waals surface area contributed by atoms with Crippen LogP contribution in [0.3, 0.4) is 0 Å². The van der Waals surface area contributed by atoms with Crippen LogP contribution in [0.2, 0.25) is 0 Å². The Morgan fingerprint density at radius 1 is 1.09 bits per heavy atom. The first kappa shape index (κ1) is 15.9. The van der Waals surface area contributed by atoms with Crippen LogP contribution >= 0.6 is 0 Å². The normalized spacial score (nSPS) is 10.6. The van der Waals surface area contributed by atoms with Crippen LogP contribution in [-0.2, 0) is 4.79 Å². The third-order valence-electron chi connectivity index (χ3n) is 3.23. The molecule has 0 bridgehead atoms. The van der Waals surface area contributed by atoms with Gasteiger partial charge in [0.05, 0.1) is 12.2 Å². The molecular formula is C17H18F2N2O. The van der Waals surface area contributed by atoms with E-state index >= 15 is 0 Å². The fourth-order valence-electron chi connectivity index (χ4n) is 2.12. The lowest BCUT2D eigenvalue weighted by molar-refractivity contribution is -0.114. The zero-order chi connectivity index (χ0) is 16.1. The first-order chi connectivity index (χ1) is 10.5. The third-order valence-corrected chi connectivity index (χ3v) is 3.23. The van der Waals surface area contributed by atoms with Crippen molar-refractivity contribution >= 4 is 17.3 Å². The molecule has 0 saturated heterocycles. The predicted molar refractivity (Wildman–Crippen MR) is 84.0 cm³/mol. The number of hydrogen-bond acceptors (Lipinski definition) is 2. The van der Waals surface area contributed by atoms with Crippen molar-refractivity contribution in [1.82, 2.24) is 0 Å². The van der Waals surface area contributed by atoms with Crippen LogP contribution in [0.15, 0.2) is 42.5 Å². The molecule has 0 aliphatic rings. The van der Waals surface area contributed by atoms with E-state index in [1.807, 2.05) is 24.3 Å². The molecule has 5 heteroatoms. The lowest BCUT2D eigenvalue weighted by Crippen LogP contribution is -2.22. The highest BCUT2D eigenvalue weighted by molar-refractivity contribution is 5.93. The number of anilines is 2. The highest BCUT2D eigenvalue weighted by Crippen LogP contribution is 2.23. The van der Waals surface area contributed by atoms with E-state index in [0.717, 1.165) is 23.4 Å². The summed E-state index contributed by atoms with van der Waals surface area (Å²) >= 11 is 0. The SMILES string of the molecule is CC(C)c1ccccc1NCC(=O)Nc1ccc(F)cc1F. The van der Waals surface area contributed by atoms with Crippen molar-refractivity contribution in [2.24, 2.45) is 0 Å². The van der Waals surface area contributed by atoms with Crippen LogP contribution in [0, 0.1) is 11.6 Å². The molecule has 0 heterocycles. The summed E-state index contributed by atoms with van der Waals surface area (Å²) in [6.45, 7) is 4.13. The second-order valence-corrected chi connectivity index (χ2v) is 5.27. The molecule has 116 valence electrons. The van der Waals surface area contributed by atoms with Gasteiger partial charge in [0, 0.05) is 11.8 Å². The smallest absolute Gasteiger partial charge is 0.243 e. The Morgan fingerprint density at radius 2 is 1.82 bits per heavy atom. The highest BCUT2D eigenvalue weighted by Gasteiger charge is 2.10. The van der Waals surface area contributed by atoms with E-state index < -0.39 is 17.5 Å². The van der Waals surface area contributed by atoms with Crippen molar-refractivity contribution in [2.45, 2.75) is 19.8 Å². The Morgan fingerprint density at radius 3 is 2.50 bits per heavy atom. The van der Waals surface area contributed by atoms with Gasteiger partial charge >= 0.3 is 0 Å². The number of rotatable bonds is 5. The fourth-order valence-corrected chi connectivity index (χ4v) is 2.12. The number of carbonyl (C=O) groups excluding carboxylic acids is 1. The lowest BCUT2D eigenvalue weighted by atomic mass is 10.0. The average molecular weight is 304 g/mol. The Hall–Kier alpha value is -2.43. The molecule has 0 atom stereocenters. The monoisotopic (exact) mass is 304 g/mol. The standard InChI is InChI=1S/C17H18F2N2O/c1-11(2)13-5-3-4-6-15(13)20-10-17(22)21-16-8-7-12(18)9-14(16)19/h3-9,11,20H,10H2,1-2H3,(H,21,22). The summed E-state index contributed by atoms with van der Waals surface area (Å²) in [5.74, 6) is -1.55. The summed E-state index contributed by atoms with van der Waals surface area (Å²) in [4.78, 5) is 11.9. The van der Waals surface area contributed by atoms with E-state index in [1.54, 1.807) is 0 Å². The van der Waals surface area contributed by atoms with Gasteiger partial charge in [-0.25, -0.2) is 8.78 Å². The topological polar surface area (TPSA) is 41.1 Å². The number of nitrogens with one attached hydrogen (secondary N) is 2. The molecule has 0 fully saturated rings. The number of carbonyl (C=O) groups is 1. The van der Waals surface area contributed by atoms with E-state index in [9.17, 15) is 13.6 Å². The molecule has 0 aliphatic carbocycles. The highest BCUT2D eigenvalue weighted by atomic mass is 19.1. The maximum atomic E-state index is 13.5. The minimum absolute atomic E-state index is 0.000545. The molecule has 2 rings (SSSR count). The van der Waals surface area contributed by atoms with E-state index in [4.69, 9.17) is 0 Å².